The van der Waals surface area contributed by atoms with E-state index in [-0.39, 0.29) is 45.2 Å². The third-order valence-electron chi connectivity index (χ3n) is 24.4. The van der Waals surface area contributed by atoms with E-state index in [2.05, 4.69) is 333 Å². The monoisotopic (exact) mass is 1330 g/mol. The van der Waals surface area contributed by atoms with Crippen molar-refractivity contribution in [1.29, 1.82) is 0 Å². The predicted molar refractivity (Wildman–Crippen MR) is 435 cm³/mol. The van der Waals surface area contributed by atoms with Crippen LogP contribution < -0.4 is 26.0 Å². The zero-order valence-electron chi connectivity index (χ0n) is 63.8. The molecule has 2 aromatic heterocycles. The van der Waals surface area contributed by atoms with Gasteiger partial charge in [0.25, 0.3) is 6.71 Å². The predicted octanol–water partition coefficient (Wildman–Crippen LogP) is 25.2. The van der Waals surface area contributed by atoms with Gasteiger partial charge in [0.2, 0.25) is 0 Å². The molecule has 5 heteroatoms. The summed E-state index contributed by atoms with van der Waals surface area (Å²) in [6.45, 7) is 42.6. The third-order valence-corrected chi connectivity index (χ3v) is 24.4. The van der Waals surface area contributed by atoms with Crippen LogP contribution in [0, 0.1) is 28.6 Å². The summed E-state index contributed by atoms with van der Waals surface area (Å²) in [4.78, 5) is 2.72. The van der Waals surface area contributed by atoms with E-state index < -0.39 is 0 Å². The standard InChI is InChI=1S/C96H106BN3O/c1-91(2,3)63-40-36-61(37-41-63)70-33-27-34-71(62-38-42-64(43-39-62)92(4,5)6)89(70)99-78-35-26-25-32-72(78)86-81(99)50-51-84-88(86)97-77-47-46-69(98-79-48-44-65(93(7,8)9)52-75(79)76-53-66(94(10,11)12)45-49-80(76)98)58-82(77)100(83-56-68(96(16,17)18)57-85(101-84)87(83)97)90-73(59-28-21-19-22-29-59)54-67(95(13,14)15)55-74(90)60-30-23-20-24-31-60/h19-26,28-33,35,40,42,44-58,61-62,71,89H,27,34,36-39,41,43H2,1-18H3. The van der Waals surface area contributed by atoms with Gasteiger partial charge in [0, 0.05) is 60.8 Å². The number of para-hydroxylation sites is 1. The van der Waals surface area contributed by atoms with E-state index in [0.29, 0.717) is 17.8 Å². The van der Waals surface area contributed by atoms with Crippen LogP contribution >= 0.6 is 0 Å². The normalized spacial score (nSPS) is 19.1. The highest BCUT2D eigenvalue weighted by Crippen LogP contribution is 2.56. The number of allylic oxidation sites excluding steroid dienone is 6. The zero-order chi connectivity index (χ0) is 70.8. The van der Waals surface area contributed by atoms with Crippen molar-refractivity contribution in [3.63, 3.8) is 0 Å². The minimum atomic E-state index is -0.232. The van der Waals surface area contributed by atoms with Crippen LogP contribution in [0.15, 0.2) is 211 Å². The number of hydrogen-bond donors (Lipinski definition) is 0. The minimum Gasteiger partial charge on any atom is -0.458 e. The molecule has 0 amide bonds. The van der Waals surface area contributed by atoms with Crippen LogP contribution in [0.5, 0.6) is 11.5 Å². The smallest absolute Gasteiger partial charge is 0.257 e. The van der Waals surface area contributed by atoms with Crippen molar-refractivity contribution in [3.8, 4) is 39.4 Å². The Bertz CT molecular complexity index is 5100. The fourth-order valence-corrected chi connectivity index (χ4v) is 18.6. The average Bonchev–Trinajstić information content (AvgIpc) is 1.68. The number of rotatable bonds is 7. The van der Waals surface area contributed by atoms with Crippen molar-refractivity contribution in [2.45, 2.75) is 204 Å². The molecule has 11 aromatic rings. The maximum Gasteiger partial charge on any atom is 0.257 e. The Morgan fingerprint density at radius 3 is 1.52 bits per heavy atom. The molecule has 514 valence electrons. The summed E-state index contributed by atoms with van der Waals surface area (Å²) in [5, 5.41) is 5.20. The second-order valence-corrected chi connectivity index (χ2v) is 37.1. The van der Waals surface area contributed by atoms with Crippen molar-refractivity contribution in [3.05, 3.63) is 233 Å². The van der Waals surface area contributed by atoms with Crippen LogP contribution in [0.2, 0.25) is 0 Å². The van der Waals surface area contributed by atoms with Gasteiger partial charge in [0.15, 0.2) is 0 Å². The number of fused-ring (bicyclic) bond motifs is 11. The molecule has 0 saturated carbocycles. The summed E-state index contributed by atoms with van der Waals surface area (Å²) in [6, 6.07) is 69.3. The molecule has 4 nitrogen and oxygen atoms in total. The van der Waals surface area contributed by atoms with Crippen molar-refractivity contribution >= 4 is 83.8 Å². The molecule has 0 radical (unpaired) electrons. The number of anilines is 3. The van der Waals surface area contributed by atoms with Crippen LogP contribution in [0.25, 0.3) is 71.6 Å². The van der Waals surface area contributed by atoms with Crippen LogP contribution in [-0.4, -0.2) is 15.8 Å². The average molecular weight is 1330 g/mol. The second kappa shape index (κ2) is 24.0. The van der Waals surface area contributed by atoms with Gasteiger partial charge in [-0.1, -0.05) is 251 Å². The van der Waals surface area contributed by atoms with Crippen molar-refractivity contribution in [1.82, 2.24) is 9.13 Å². The molecular weight excluding hydrogens is 1220 g/mol. The highest BCUT2D eigenvalue weighted by atomic mass is 16.5. The van der Waals surface area contributed by atoms with Gasteiger partial charge >= 0.3 is 0 Å². The first-order chi connectivity index (χ1) is 47.9. The first kappa shape index (κ1) is 67.0. The molecule has 4 atom stereocenters. The summed E-state index contributed by atoms with van der Waals surface area (Å²) < 4.78 is 13.4. The number of aromatic nitrogens is 2. The molecule has 3 aliphatic carbocycles. The van der Waals surface area contributed by atoms with Gasteiger partial charge in [0.1, 0.15) is 11.5 Å². The van der Waals surface area contributed by atoms with E-state index in [1.54, 1.807) is 16.7 Å². The van der Waals surface area contributed by atoms with Crippen LogP contribution in [0.3, 0.4) is 0 Å². The van der Waals surface area contributed by atoms with Gasteiger partial charge in [-0.15, -0.1) is 0 Å². The molecule has 9 aromatic carbocycles. The van der Waals surface area contributed by atoms with Gasteiger partial charge in [-0.2, -0.15) is 0 Å². The lowest BCUT2D eigenvalue weighted by atomic mass is 9.33. The quantitative estimate of drug-likeness (QED) is 0.117. The summed E-state index contributed by atoms with van der Waals surface area (Å²) in [6.07, 6.45) is 17.5. The molecule has 0 spiro atoms. The second-order valence-electron chi connectivity index (χ2n) is 37.1. The molecule has 0 bridgehead atoms. The number of ether oxygens (including phenoxy) is 1. The highest BCUT2D eigenvalue weighted by molar-refractivity contribution is 7.01. The molecular formula is C96H106BN3O. The Kier molecular flexibility index (Phi) is 15.9. The topological polar surface area (TPSA) is 22.3 Å². The Hall–Kier alpha value is -8.54. The molecule has 4 heterocycles. The summed E-state index contributed by atoms with van der Waals surface area (Å²) >= 11 is 0. The Morgan fingerprint density at radius 2 is 0.970 bits per heavy atom. The fraction of sp³-hybridized carbons (Fsp3) is 0.375. The van der Waals surface area contributed by atoms with E-state index in [0.717, 1.165) is 54.2 Å². The summed E-state index contributed by atoms with van der Waals surface area (Å²) in [5.74, 6) is 3.45. The number of hydrogen-bond acceptors (Lipinski definition) is 2. The maximum absolute atomic E-state index is 7.85. The van der Waals surface area contributed by atoms with Gasteiger partial charge < -0.3 is 18.8 Å². The van der Waals surface area contributed by atoms with Crippen LogP contribution in [0.1, 0.15) is 204 Å². The lowest BCUT2D eigenvalue weighted by molar-refractivity contribution is 0.200. The first-order valence-corrected chi connectivity index (χ1v) is 38.2. The Labute approximate surface area is 603 Å². The van der Waals surface area contributed by atoms with E-state index in [4.69, 9.17) is 4.74 Å². The van der Waals surface area contributed by atoms with Gasteiger partial charge in [-0.25, -0.2) is 0 Å². The zero-order valence-corrected chi connectivity index (χ0v) is 63.8. The molecule has 101 heavy (non-hydrogen) atoms. The Morgan fingerprint density at radius 1 is 0.416 bits per heavy atom. The SMILES string of the molecule is CC(C)(C)C1=CCC(C2=CCCC(C3CC=C(C(C)(C)C)CC3)C2n2c3ccccc3c3c4c(ccc32)Oc2cc(C(C)(C)C)cc3c2B4c2ccc(-n4c5ccc(C(C)(C)C)cc5c5cc(C(C)(C)C)ccc54)cc2N3c2c(-c3ccccc3)cc(C(C)(C)C)cc2-c2ccccc2)CC1. The molecule has 5 aliphatic rings. The molecule has 16 rings (SSSR count). The van der Waals surface area contributed by atoms with E-state index in [1.807, 2.05) is 0 Å². The lowest BCUT2D eigenvalue weighted by Gasteiger charge is -2.44. The van der Waals surface area contributed by atoms with E-state index >= 15 is 0 Å². The summed E-state index contributed by atoms with van der Waals surface area (Å²) in [7, 11) is 0. The van der Waals surface area contributed by atoms with Crippen molar-refractivity contribution < 1.29 is 4.74 Å². The highest BCUT2D eigenvalue weighted by Gasteiger charge is 2.47. The minimum absolute atomic E-state index is 0.0358. The first-order valence-electron chi connectivity index (χ1n) is 38.2. The maximum atomic E-state index is 7.85. The van der Waals surface area contributed by atoms with E-state index in [9.17, 15) is 0 Å². The van der Waals surface area contributed by atoms with Crippen LogP contribution in [0.4, 0.5) is 17.1 Å². The molecule has 0 N–H and O–H groups in total. The van der Waals surface area contributed by atoms with Gasteiger partial charge in [-0.05, 0) is 236 Å². The third kappa shape index (κ3) is 11.5. The molecule has 0 saturated heterocycles. The molecule has 0 fully saturated rings. The van der Waals surface area contributed by atoms with Crippen LogP contribution in [-0.2, 0) is 21.7 Å². The van der Waals surface area contributed by atoms with Gasteiger partial charge in [0.05, 0.1) is 22.8 Å². The van der Waals surface area contributed by atoms with E-state index in [1.165, 1.54) is 136 Å². The molecule has 4 unspecified atom stereocenters. The summed E-state index contributed by atoms with van der Waals surface area (Å²) in [5.41, 5.74) is 28.2. The fourth-order valence-electron chi connectivity index (χ4n) is 18.6. The van der Waals surface area contributed by atoms with Crippen molar-refractivity contribution in [2.75, 3.05) is 4.90 Å². The number of benzene rings is 9. The Balaban J connectivity index is 1.01. The lowest BCUT2D eigenvalue weighted by Crippen LogP contribution is -2.60. The largest absolute Gasteiger partial charge is 0.458 e. The van der Waals surface area contributed by atoms with Crippen molar-refractivity contribution in [2.24, 2.45) is 28.6 Å². The van der Waals surface area contributed by atoms with Gasteiger partial charge in [-0.3, -0.25) is 0 Å². The number of nitrogens with zero attached hydrogens (tertiary/aromatic N) is 3. The molecule has 2 aliphatic heterocycles.